The molecule has 5 heteroatoms. The average Bonchev–Trinajstić information content (AvgIpc) is 2.88. The Morgan fingerprint density at radius 3 is 2.75 bits per heavy atom. The molecule has 0 bridgehead atoms. The van der Waals surface area contributed by atoms with Crippen LogP contribution in [0, 0.1) is 23.0 Å². The fourth-order valence-corrected chi connectivity index (χ4v) is 2.22. The summed E-state index contributed by atoms with van der Waals surface area (Å²) in [7, 11) is 0. The van der Waals surface area contributed by atoms with E-state index < -0.39 is 11.6 Å². The van der Waals surface area contributed by atoms with Crippen molar-refractivity contribution in [2.24, 2.45) is 0 Å². The highest BCUT2D eigenvalue weighted by atomic mass is 19.2. The maximum atomic E-state index is 13.8. The van der Waals surface area contributed by atoms with Crippen molar-refractivity contribution in [2.45, 2.75) is 6.04 Å². The van der Waals surface area contributed by atoms with Crippen molar-refractivity contribution in [1.82, 2.24) is 0 Å². The smallest absolute Gasteiger partial charge is 0.183 e. The molecule has 3 nitrogen and oxygen atoms in total. The predicted octanol–water partition coefficient (Wildman–Crippen LogP) is 3.38. The molecule has 2 aromatic carbocycles. The molecule has 0 spiro atoms. The number of rotatable bonds is 2. The minimum atomic E-state index is -1.13. The van der Waals surface area contributed by atoms with Gasteiger partial charge in [-0.1, -0.05) is 18.2 Å². The highest BCUT2D eigenvalue weighted by molar-refractivity contribution is 5.53. The summed E-state index contributed by atoms with van der Waals surface area (Å²) >= 11 is 0. The first kappa shape index (κ1) is 12.4. The normalized spacial score (nSPS) is 16.1. The molecule has 2 aromatic rings. The third-order valence-electron chi connectivity index (χ3n) is 3.23. The molecule has 1 N–H and O–H groups in total. The molecule has 0 saturated heterocycles. The van der Waals surface area contributed by atoms with Gasteiger partial charge in [0.25, 0.3) is 0 Å². The van der Waals surface area contributed by atoms with E-state index in [1.54, 1.807) is 6.07 Å². The quantitative estimate of drug-likeness (QED) is 0.911. The first-order valence-corrected chi connectivity index (χ1v) is 6.07. The van der Waals surface area contributed by atoms with E-state index in [4.69, 9.17) is 10.00 Å². The monoisotopic (exact) mass is 272 g/mol. The van der Waals surface area contributed by atoms with E-state index in [-0.39, 0.29) is 17.3 Å². The molecule has 1 atom stereocenters. The third-order valence-corrected chi connectivity index (χ3v) is 3.23. The summed E-state index contributed by atoms with van der Waals surface area (Å²) in [5.41, 5.74) is 0.611. The number of hydrogen-bond acceptors (Lipinski definition) is 3. The lowest BCUT2D eigenvalue weighted by molar-refractivity contribution is 0.339. The summed E-state index contributed by atoms with van der Waals surface area (Å²) in [4.78, 5) is 0. The molecular formula is C15H10F2N2O. The van der Waals surface area contributed by atoms with Crippen molar-refractivity contribution in [3.63, 3.8) is 0 Å². The van der Waals surface area contributed by atoms with Gasteiger partial charge in [0.2, 0.25) is 0 Å². The Bertz CT molecular complexity index is 710. The largest absolute Gasteiger partial charge is 0.491 e. The van der Waals surface area contributed by atoms with Crippen molar-refractivity contribution >= 4 is 5.69 Å². The lowest BCUT2D eigenvalue weighted by Crippen LogP contribution is -2.13. The van der Waals surface area contributed by atoms with Crippen molar-refractivity contribution in [3.8, 4) is 11.8 Å². The molecule has 3 rings (SSSR count). The second-order valence-corrected chi connectivity index (χ2v) is 4.45. The first-order chi connectivity index (χ1) is 9.70. The first-order valence-electron chi connectivity index (χ1n) is 6.07. The van der Waals surface area contributed by atoms with Crippen LogP contribution in [-0.2, 0) is 0 Å². The maximum absolute atomic E-state index is 13.8. The van der Waals surface area contributed by atoms with Crippen LogP contribution in [0.1, 0.15) is 17.2 Å². The van der Waals surface area contributed by atoms with Gasteiger partial charge >= 0.3 is 0 Å². The van der Waals surface area contributed by atoms with Crippen LogP contribution in [0.5, 0.6) is 5.75 Å². The second kappa shape index (κ2) is 4.82. The van der Waals surface area contributed by atoms with Crippen LogP contribution < -0.4 is 10.1 Å². The summed E-state index contributed by atoms with van der Waals surface area (Å²) in [5.74, 6) is -1.45. The average molecular weight is 272 g/mol. The maximum Gasteiger partial charge on any atom is 0.183 e. The Morgan fingerprint density at radius 1 is 1.15 bits per heavy atom. The van der Waals surface area contributed by atoms with E-state index in [2.05, 4.69) is 5.32 Å². The van der Waals surface area contributed by atoms with Gasteiger partial charge in [-0.3, -0.25) is 0 Å². The molecule has 100 valence electrons. The Balaban J connectivity index is 1.91. The number of halogens is 2. The number of nitrogens with zero attached hydrogens (tertiary/aromatic N) is 1. The molecule has 0 fully saturated rings. The highest BCUT2D eigenvalue weighted by Gasteiger charge is 2.25. The zero-order valence-corrected chi connectivity index (χ0v) is 10.4. The molecular weight excluding hydrogens is 262 g/mol. The number of nitriles is 1. The molecule has 20 heavy (non-hydrogen) atoms. The second-order valence-electron chi connectivity index (χ2n) is 4.45. The predicted molar refractivity (Wildman–Crippen MR) is 69.4 cm³/mol. The number of para-hydroxylation sites is 1. The molecule has 1 aliphatic heterocycles. The van der Waals surface area contributed by atoms with E-state index in [0.29, 0.717) is 6.61 Å². The lowest BCUT2D eigenvalue weighted by Gasteiger charge is -2.14. The van der Waals surface area contributed by atoms with Crippen LogP contribution in [0.25, 0.3) is 0 Å². The molecule has 1 heterocycles. The summed E-state index contributed by atoms with van der Waals surface area (Å²) in [5, 5.41) is 11.6. The van der Waals surface area contributed by atoms with E-state index in [9.17, 15) is 8.78 Å². The summed E-state index contributed by atoms with van der Waals surface area (Å²) < 4.78 is 32.9. The minimum Gasteiger partial charge on any atom is -0.491 e. The van der Waals surface area contributed by atoms with Gasteiger partial charge in [0.05, 0.1) is 17.3 Å². The van der Waals surface area contributed by atoms with Gasteiger partial charge in [-0.05, 0) is 18.2 Å². The van der Waals surface area contributed by atoms with Gasteiger partial charge in [-0.25, -0.2) is 8.78 Å². The van der Waals surface area contributed by atoms with Gasteiger partial charge in [-0.15, -0.1) is 0 Å². The van der Waals surface area contributed by atoms with Crippen LogP contribution in [0.2, 0.25) is 0 Å². The van der Waals surface area contributed by atoms with Crippen LogP contribution >= 0.6 is 0 Å². The van der Waals surface area contributed by atoms with Crippen molar-refractivity contribution < 1.29 is 13.5 Å². The minimum absolute atomic E-state index is 0.0202. The van der Waals surface area contributed by atoms with Gasteiger partial charge in [-0.2, -0.15) is 5.26 Å². The van der Waals surface area contributed by atoms with E-state index in [1.165, 1.54) is 12.1 Å². The van der Waals surface area contributed by atoms with E-state index in [0.717, 1.165) is 11.3 Å². The lowest BCUT2D eigenvalue weighted by atomic mass is 10.1. The van der Waals surface area contributed by atoms with Crippen LogP contribution in [0.3, 0.4) is 0 Å². The number of nitrogens with one attached hydrogen (secondary N) is 1. The fourth-order valence-electron chi connectivity index (χ4n) is 2.22. The van der Waals surface area contributed by atoms with Crippen LogP contribution in [0.4, 0.5) is 14.5 Å². The zero-order valence-electron chi connectivity index (χ0n) is 10.4. The van der Waals surface area contributed by atoms with Gasteiger partial charge in [0, 0.05) is 5.56 Å². The Kier molecular flexibility index (Phi) is 2.99. The fraction of sp³-hybridized carbons (Fsp3) is 0.133. The van der Waals surface area contributed by atoms with Crippen molar-refractivity contribution in [2.75, 3.05) is 11.9 Å². The van der Waals surface area contributed by atoms with Gasteiger partial charge in [0.1, 0.15) is 18.4 Å². The molecule has 0 radical (unpaired) electrons. The number of fused-ring (bicyclic) bond motifs is 1. The highest BCUT2D eigenvalue weighted by Crippen LogP contribution is 2.35. The summed E-state index contributed by atoms with van der Waals surface area (Å²) in [6.45, 7) is 0.348. The van der Waals surface area contributed by atoms with E-state index >= 15 is 0 Å². The van der Waals surface area contributed by atoms with Gasteiger partial charge in [0.15, 0.2) is 11.6 Å². The topological polar surface area (TPSA) is 45.0 Å². The Hall–Kier alpha value is -2.61. The van der Waals surface area contributed by atoms with Crippen molar-refractivity contribution in [1.29, 1.82) is 5.26 Å². The molecule has 0 amide bonds. The molecule has 0 aromatic heterocycles. The molecule has 0 saturated carbocycles. The van der Waals surface area contributed by atoms with Gasteiger partial charge < -0.3 is 10.1 Å². The Labute approximate surface area is 114 Å². The zero-order chi connectivity index (χ0) is 14.1. The summed E-state index contributed by atoms with van der Waals surface area (Å²) in [6, 6.07) is 11.4. The molecule has 0 aliphatic carbocycles. The van der Waals surface area contributed by atoms with Crippen LogP contribution in [0.15, 0.2) is 36.4 Å². The standard InChI is InChI=1S/C15H10F2N2O/c16-14-9(7-18)5-6-11(15(14)17)19-12-8-20-13-4-2-1-3-10(12)13/h1-6,12,19H,8H2. The number of hydrogen-bond donors (Lipinski definition) is 1. The number of ether oxygens (including phenoxy) is 1. The van der Waals surface area contributed by atoms with E-state index in [1.807, 2.05) is 24.3 Å². The third kappa shape index (κ3) is 1.95. The Morgan fingerprint density at radius 2 is 1.95 bits per heavy atom. The number of benzene rings is 2. The SMILES string of the molecule is N#Cc1ccc(NC2COc3ccccc32)c(F)c1F. The summed E-state index contributed by atoms with van der Waals surface area (Å²) in [6.07, 6.45) is 0. The number of anilines is 1. The molecule has 1 unspecified atom stereocenters. The van der Waals surface area contributed by atoms with Crippen LogP contribution in [-0.4, -0.2) is 6.61 Å². The van der Waals surface area contributed by atoms with Crippen molar-refractivity contribution in [3.05, 3.63) is 59.2 Å². The molecule has 1 aliphatic rings.